The topological polar surface area (TPSA) is 182 Å². The predicted octanol–water partition coefficient (Wildman–Crippen LogP) is 2.93. The number of halogens is 1. The number of primary amides is 1. The summed E-state index contributed by atoms with van der Waals surface area (Å²) in [4.78, 5) is 56.8. The Bertz CT molecular complexity index is 1430. The molecular weight excluding hydrogens is 547 g/mol. The molecule has 2 amide bonds. The summed E-state index contributed by atoms with van der Waals surface area (Å²) in [6, 6.07) is 11.8. The number of carboxylic acid groups (broad SMARTS) is 1. The molecule has 0 unspecified atom stereocenters. The maximum atomic E-state index is 13.9. The molecule has 3 atom stereocenters. The summed E-state index contributed by atoms with van der Waals surface area (Å²) in [5.41, 5.74) is 6.24. The van der Waals surface area contributed by atoms with Crippen molar-refractivity contribution in [1.82, 2.24) is 15.3 Å². The van der Waals surface area contributed by atoms with Gasteiger partial charge in [-0.15, -0.1) is 0 Å². The van der Waals surface area contributed by atoms with Gasteiger partial charge in [-0.05, 0) is 69.4 Å². The fraction of sp³-hybridized carbons (Fsp3) is 0.400. The van der Waals surface area contributed by atoms with Crippen LogP contribution in [0.4, 0.5) is 4.39 Å². The van der Waals surface area contributed by atoms with Gasteiger partial charge in [-0.2, -0.15) is 0 Å². The molecule has 12 heteroatoms. The second-order valence-corrected chi connectivity index (χ2v) is 10.7. The minimum Gasteiger partial charge on any atom is -0.481 e. The zero-order valence-electron chi connectivity index (χ0n) is 23.5. The molecule has 2 aromatic carbocycles. The van der Waals surface area contributed by atoms with Crippen molar-refractivity contribution in [3.63, 3.8) is 0 Å². The van der Waals surface area contributed by atoms with Crippen molar-refractivity contribution in [1.29, 1.82) is 0 Å². The first-order chi connectivity index (χ1) is 19.8. The molecule has 0 aliphatic carbocycles. The minimum atomic E-state index is -1.27. The van der Waals surface area contributed by atoms with Crippen LogP contribution in [0.5, 0.6) is 0 Å². The van der Waals surface area contributed by atoms with Gasteiger partial charge in [-0.3, -0.25) is 24.2 Å². The number of aliphatic hydroxyl groups excluding tert-OH is 1. The summed E-state index contributed by atoms with van der Waals surface area (Å²) in [6.45, 7) is 3.25. The van der Waals surface area contributed by atoms with Crippen LogP contribution in [0.1, 0.15) is 62.0 Å². The molecule has 0 saturated heterocycles. The third kappa shape index (κ3) is 9.88. The van der Waals surface area contributed by atoms with Crippen LogP contribution in [0.15, 0.2) is 54.7 Å². The van der Waals surface area contributed by atoms with Crippen molar-refractivity contribution < 1.29 is 38.5 Å². The number of benzene rings is 2. The van der Waals surface area contributed by atoms with Gasteiger partial charge >= 0.3 is 11.9 Å². The third-order valence-corrected chi connectivity index (χ3v) is 6.76. The van der Waals surface area contributed by atoms with E-state index in [0.717, 1.165) is 0 Å². The molecule has 224 valence electrons. The minimum absolute atomic E-state index is 0.0167. The fourth-order valence-electron chi connectivity index (χ4n) is 4.48. The fourth-order valence-corrected chi connectivity index (χ4v) is 4.48. The molecule has 11 nitrogen and oxygen atoms in total. The molecule has 0 saturated carbocycles. The first-order valence-electron chi connectivity index (χ1n) is 13.5. The van der Waals surface area contributed by atoms with Crippen LogP contribution < -0.4 is 11.1 Å². The smallest absolute Gasteiger partial charge is 0.306 e. The zero-order chi connectivity index (χ0) is 30.9. The lowest BCUT2D eigenvalue weighted by atomic mass is 9.87. The van der Waals surface area contributed by atoms with Gasteiger partial charge in [0.25, 0.3) is 5.91 Å². The Kier molecular flexibility index (Phi) is 11.0. The first-order valence-corrected chi connectivity index (χ1v) is 13.5. The molecular formula is C30H35FN4O7. The number of para-hydroxylation sites is 2. The van der Waals surface area contributed by atoms with Crippen molar-refractivity contribution in [2.75, 3.05) is 0 Å². The second kappa shape index (κ2) is 14.4. The van der Waals surface area contributed by atoms with Crippen molar-refractivity contribution in [2.45, 2.75) is 70.1 Å². The molecule has 0 fully saturated rings. The highest BCUT2D eigenvalue weighted by Crippen LogP contribution is 2.25. The van der Waals surface area contributed by atoms with Crippen LogP contribution in [-0.2, 0) is 25.5 Å². The summed E-state index contributed by atoms with van der Waals surface area (Å²) in [5, 5.41) is 22.7. The standard InChI is InChI=1S/C30H35FN4O7/c1-30(2,42-27(39)11-10-26(37)38)13-12-19(28(32)40)16-25(36)23(15-18-6-5-7-20(31)14-18)35-29(41)24-17-33-21-8-3-4-9-22(21)34-24/h3-9,14,17,19,23,25,36H,10-13,15-16H2,1-2H3,(H2,32,40)(H,35,41)(H,37,38)/t19-,23+,25+/m1/s1. The zero-order valence-corrected chi connectivity index (χ0v) is 23.5. The van der Waals surface area contributed by atoms with Crippen LogP contribution in [0.25, 0.3) is 11.0 Å². The average Bonchev–Trinajstić information content (AvgIpc) is 2.93. The van der Waals surface area contributed by atoms with Gasteiger partial charge in [0.1, 0.15) is 17.1 Å². The number of esters is 1. The molecule has 1 heterocycles. The van der Waals surface area contributed by atoms with Crippen molar-refractivity contribution in [3.05, 3.63) is 71.8 Å². The highest BCUT2D eigenvalue weighted by molar-refractivity contribution is 5.94. The molecule has 0 radical (unpaired) electrons. The second-order valence-electron chi connectivity index (χ2n) is 10.7. The lowest BCUT2D eigenvalue weighted by Gasteiger charge is -2.29. The SMILES string of the molecule is CC(C)(CC[C@H](C[C@H](O)[C@H](Cc1cccc(F)c1)NC(=O)c1cnc2ccccc2n1)C(N)=O)OC(=O)CCC(=O)O. The Morgan fingerprint density at radius 2 is 1.79 bits per heavy atom. The normalized spacial score (nSPS) is 13.6. The van der Waals surface area contributed by atoms with E-state index in [9.17, 15) is 28.7 Å². The number of carbonyl (C=O) groups is 4. The molecule has 0 spiro atoms. The third-order valence-electron chi connectivity index (χ3n) is 6.76. The predicted molar refractivity (Wildman–Crippen MR) is 150 cm³/mol. The van der Waals surface area contributed by atoms with E-state index in [0.29, 0.717) is 16.6 Å². The van der Waals surface area contributed by atoms with Gasteiger partial charge in [-0.1, -0.05) is 24.3 Å². The molecule has 42 heavy (non-hydrogen) atoms. The number of carbonyl (C=O) groups excluding carboxylic acids is 3. The molecule has 0 aliphatic heterocycles. The number of ether oxygens (including phenoxy) is 1. The van der Waals surface area contributed by atoms with Gasteiger partial charge in [0.2, 0.25) is 5.91 Å². The van der Waals surface area contributed by atoms with Gasteiger partial charge in [-0.25, -0.2) is 9.37 Å². The summed E-state index contributed by atoms with van der Waals surface area (Å²) < 4.78 is 19.3. The number of hydrogen-bond acceptors (Lipinski definition) is 8. The van der Waals surface area contributed by atoms with Gasteiger partial charge in [0.15, 0.2) is 0 Å². The number of amides is 2. The van der Waals surface area contributed by atoms with Crippen LogP contribution in [0, 0.1) is 11.7 Å². The Labute approximate surface area is 242 Å². The number of aliphatic hydroxyl groups is 1. The quantitative estimate of drug-likeness (QED) is 0.196. The molecule has 3 rings (SSSR count). The van der Waals surface area contributed by atoms with E-state index in [-0.39, 0.29) is 44.2 Å². The molecule has 0 bridgehead atoms. The van der Waals surface area contributed by atoms with Gasteiger partial charge in [0, 0.05) is 5.92 Å². The monoisotopic (exact) mass is 582 g/mol. The maximum Gasteiger partial charge on any atom is 0.306 e. The van der Waals surface area contributed by atoms with Crippen molar-refractivity contribution in [2.24, 2.45) is 11.7 Å². The van der Waals surface area contributed by atoms with Crippen LogP contribution in [0.2, 0.25) is 0 Å². The summed E-state index contributed by atoms with van der Waals surface area (Å²) in [5.74, 6) is -4.46. The van der Waals surface area contributed by atoms with E-state index in [1.54, 1.807) is 44.2 Å². The van der Waals surface area contributed by atoms with E-state index < -0.39 is 53.2 Å². The van der Waals surface area contributed by atoms with E-state index >= 15 is 0 Å². The number of rotatable bonds is 15. The Balaban J connectivity index is 1.73. The number of aliphatic carboxylic acids is 1. The molecule has 3 aromatic rings. The van der Waals surface area contributed by atoms with Crippen LogP contribution in [0.3, 0.4) is 0 Å². The highest BCUT2D eigenvalue weighted by Gasteiger charge is 2.31. The highest BCUT2D eigenvalue weighted by atomic mass is 19.1. The Morgan fingerprint density at radius 1 is 1.07 bits per heavy atom. The van der Waals surface area contributed by atoms with Crippen molar-refractivity contribution in [3.8, 4) is 0 Å². The first kappa shape index (κ1) is 32.1. The van der Waals surface area contributed by atoms with E-state index in [4.69, 9.17) is 15.6 Å². The number of carboxylic acids is 1. The summed E-state index contributed by atoms with van der Waals surface area (Å²) >= 11 is 0. The largest absolute Gasteiger partial charge is 0.481 e. The van der Waals surface area contributed by atoms with E-state index in [1.165, 1.54) is 24.4 Å². The number of nitrogens with one attached hydrogen (secondary N) is 1. The lowest BCUT2D eigenvalue weighted by Crippen LogP contribution is -2.46. The lowest BCUT2D eigenvalue weighted by molar-refractivity contribution is -0.159. The van der Waals surface area contributed by atoms with Crippen LogP contribution in [-0.4, -0.2) is 61.7 Å². The maximum absolute atomic E-state index is 13.9. The van der Waals surface area contributed by atoms with E-state index in [2.05, 4.69) is 15.3 Å². The van der Waals surface area contributed by atoms with E-state index in [1.807, 2.05) is 0 Å². The average molecular weight is 583 g/mol. The summed E-state index contributed by atoms with van der Waals surface area (Å²) in [6.07, 6.45) is -0.374. The molecule has 1 aromatic heterocycles. The number of nitrogens with two attached hydrogens (primary N) is 1. The Hall–Kier alpha value is -4.45. The van der Waals surface area contributed by atoms with Crippen LogP contribution >= 0.6 is 0 Å². The summed E-state index contributed by atoms with van der Waals surface area (Å²) in [7, 11) is 0. The number of fused-ring (bicyclic) bond motifs is 1. The van der Waals surface area contributed by atoms with Gasteiger partial charge in [0.05, 0.1) is 42.2 Å². The number of hydrogen-bond donors (Lipinski definition) is 4. The number of nitrogens with zero attached hydrogens (tertiary/aromatic N) is 2. The Morgan fingerprint density at radius 3 is 2.45 bits per heavy atom. The molecule has 5 N–H and O–H groups in total. The van der Waals surface area contributed by atoms with Crippen molar-refractivity contribution >= 4 is 34.8 Å². The number of aromatic nitrogens is 2. The van der Waals surface area contributed by atoms with Gasteiger partial charge < -0.3 is 26.0 Å². The molecule has 0 aliphatic rings.